The third kappa shape index (κ3) is 18.0. The standard InChI is InChI=1S/C71H74N4O18/c1-46-55(73-71(79)87-43-53-35-21-8-22-36-53)58(90-70-60(83-40-50-29-15-5-16-30-50)57(76)59(82-39-49-27-13-4-14-28-49)63(93-70)66(77)85-42-52-33-19-7-20-34-52)56(74-75-72)68(88-46)91-61-62-65(84-41-51-31-17-6-18-32-51)69(92-64(61)67(78)89-62)86-45-54(81-38-48-25-11-3-12-26-48)44-80-37-47-23-9-2-10-24-47/h2-36,46,54-65,68-70,76H,37-45H2,1H3,(H,73,79)/t46-,54-,55+,56-,57+,58+,59-,60-,61-,62+,63+,64+,65-,68-,69+,70+/m1/s1. The summed E-state index contributed by atoms with van der Waals surface area (Å²) < 4.78 is 90.1. The number of nitrogens with one attached hydrogen (secondary N) is 1. The maximum atomic E-state index is 14.6. The van der Waals surface area contributed by atoms with E-state index in [1.165, 1.54) is 0 Å². The van der Waals surface area contributed by atoms with E-state index in [1.807, 2.05) is 164 Å². The monoisotopic (exact) mass is 1270 g/mol. The van der Waals surface area contributed by atoms with Crippen molar-refractivity contribution < 1.29 is 85.8 Å². The van der Waals surface area contributed by atoms with Crippen molar-refractivity contribution in [2.45, 2.75) is 151 Å². The number of fused-ring (bicyclic) bond motifs is 2. The van der Waals surface area contributed by atoms with Gasteiger partial charge in [0.2, 0.25) is 0 Å². The fourth-order valence-electron chi connectivity index (χ4n) is 11.3. The molecular formula is C71H74N4O18. The Bertz CT molecular complexity index is 3460. The summed E-state index contributed by atoms with van der Waals surface area (Å²) in [7, 11) is 0. The van der Waals surface area contributed by atoms with Gasteiger partial charge in [0.25, 0.3) is 0 Å². The van der Waals surface area contributed by atoms with Gasteiger partial charge in [-0.3, -0.25) is 0 Å². The maximum absolute atomic E-state index is 14.6. The summed E-state index contributed by atoms with van der Waals surface area (Å²) in [6, 6.07) is 62.1. The first-order chi connectivity index (χ1) is 45.6. The molecular weight excluding hydrogens is 1200 g/mol. The molecule has 4 heterocycles. The number of aliphatic hydroxyl groups excluding tert-OH is 1. The SMILES string of the molecule is C[C@H]1O[C@H](O[C@@H]2[C@@H]3OC(=O)[C@H]2O[C@H](OC[C@@H](COCc2ccccc2)OCc2ccccc2)[C@@H]3OCc2ccccc2)[C@H](N=[N+]=[N-])[C@@H](O[C@H]2O[C@H](C(=O)OCc3ccccc3)[C@H](OCc3ccccc3)[C@H](O)[C@H]2OCc2ccccc2)[C@H]1NC(=O)OCc1ccccc1. The molecule has 0 spiro atoms. The molecule has 0 aliphatic carbocycles. The third-order valence-corrected chi connectivity index (χ3v) is 16.1. The number of amides is 1. The van der Waals surface area contributed by atoms with Gasteiger partial charge < -0.3 is 76.7 Å². The normalized spacial score (nSPS) is 26.8. The molecule has 16 atom stereocenters. The lowest BCUT2D eigenvalue weighted by Gasteiger charge is -2.49. The largest absolute Gasteiger partial charge is 0.459 e. The molecule has 486 valence electrons. The van der Waals surface area contributed by atoms with E-state index in [2.05, 4.69) is 15.3 Å². The Morgan fingerprint density at radius 3 is 1.51 bits per heavy atom. The van der Waals surface area contributed by atoms with Gasteiger partial charge in [-0.1, -0.05) is 217 Å². The molecule has 4 aliphatic rings. The van der Waals surface area contributed by atoms with Crippen LogP contribution in [0.3, 0.4) is 0 Å². The van der Waals surface area contributed by atoms with Crippen LogP contribution >= 0.6 is 0 Å². The minimum Gasteiger partial charge on any atom is -0.459 e. The van der Waals surface area contributed by atoms with Gasteiger partial charge in [0.05, 0.1) is 64.5 Å². The van der Waals surface area contributed by atoms with E-state index < -0.39 is 116 Å². The molecule has 7 aromatic carbocycles. The van der Waals surface area contributed by atoms with E-state index in [4.69, 9.17) is 66.3 Å². The number of ether oxygens (including phenoxy) is 14. The molecule has 0 unspecified atom stereocenters. The number of esters is 2. The molecule has 4 aliphatic heterocycles. The minimum atomic E-state index is -1.73. The summed E-state index contributed by atoms with van der Waals surface area (Å²) in [6.07, 6.45) is -20.2. The van der Waals surface area contributed by atoms with Crippen molar-refractivity contribution in [1.29, 1.82) is 0 Å². The van der Waals surface area contributed by atoms with Crippen LogP contribution in [-0.2, 0) is 122 Å². The molecule has 0 radical (unpaired) electrons. The predicted octanol–water partition coefficient (Wildman–Crippen LogP) is 9.53. The Morgan fingerprint density at radius 2 is 0.978 bits per heavy atom. The number of benzene rings is 7. The molecule has 2 bridgehead atoms. The molecule has 2 N–H and O–H groups in total. The Morgan fingerprint density at radius 1 is 0.516 bits per heavy atom. The van der Waals surface area contributed by atoms with E-state index in [1.54, 1.807) is 55.5 Å². The lowest BCUT2D eigenvalue weighted by Crippen LogP contribution is -2.68. The molecule has 0 saturated carbocycles. The summed E-state index contributed by atoms with van der Waals surface area (Å²) >= 11 is 0. The van der Waals surface area contributed by atoms with Crippen molar-refractivity contribution in [3.05, 3.63) is 262 Å². The highest BCUT2D eigenvalue weighted by molar-refractivity contribution is 5.79. The highest BCUT2D eigenvalue weighted by atomic mass is 16.8. The Hall–Kier alpha value is -8.42. The van der Waals surface area contributed by atoms with E-state index in [0.29, 0.717) is 23.3 Å². The van der Waals surface area contributed by atoms with Crippen LogP contribution in [0.1, 0.15) is 45.9 Å². The van der Waals surface area contributed by atoms with E-state index in [0.717, 1.165) is 22.3 Å². The van der Waals surface area contributed by atoms with Crippen molar-refractivity contribution in [1.82, 2.24) is 5.32 Å². The van der Waals surface area contributed by atoms with Gasteiger partial charge in [0.1, 0.15) is 55.9 Å². The topological polar surface area (TPSA) is 261 Å². The van der Waals surface area contributed by atoms with Gasteiger partial charge in [-0.2, -0.15) is 0 Å². The Labute approximate surface area is 538 Å². The molecule has 1 amide bonds. The van der Waals surface area contributed by atoms with Crippen molar-refractivity contribution in [3.63, 3.8) is 0 Å². The van der Waals surface area contributed by atoms with E-state index in [-0.39, 0.29) is 52.9 Å². The van der Waals surface area contributed by atoms with Crippen molar-refractivity contribution in [2.75, 3.05) is 13.2 Å². The van der Waals surface area contributed by atoms with Gasteiger partial charge in [-0.15, -0.1) is 0 Å². The second-order valence-corrected chi connectivity index (χ2v) is 22.7. The fraction of sp³-hybridized carbons (Fsp3) is 0.366. The van der Waals surface area contributed by atoms with Gasteiger partial charge in [-0.25, -0.2) is 14.4 Å². The number of azide groups is 1. The Kier molecular flexibility index (Phi) is 23.7. The molecule has 22 nitrogen and oxygen atoms in total. The minimum absolute atomic E-state index is 0.0237. The first kappa shape index (κ1) is 66.1. The summed E-state index contributed by atoms with van der Waals surface area (Å²) in [4.78, 5) is 46.1. The average molecular weight is 1270 g/mol. The van der Waals surface area contributed by atoms with Crippen LogP contribution in [-0.4, -0.2) is 134 Å². The van der Waals surface area contributed by atoms with Crippen LogP contribution in [0.15, 0.2) is 217 Å². The fourth-order valence-corrected chi connectivity index (χ4v) is 11.3. The number of rotatable bonds is 30. The van der Waals surface area contributed by atoms with Crippen LogP contribution < -0.4 is 5.32 Å². The number of carbonyl (C=O) groups is 3. The number of aliphatic hydroxyl groups is 1. The van der Waals surface area contributed by atoms with Crippen molar-refractivity contribution in [3.8, 4) is 0 Å². The van der Waals surface area contributed by atoms with Gasteiger partial charge in [-0.05, 0) is 51.4 Å². The van der Waals surface area contributed by atoms with Gasteiger partial charge >= 0.3 is 18.0 Å². The molecule has 11 rings (SSSR count). The van der Waals surface area contributed by atoms with Crippen LogP contribution in [0.4, 0.5) is 4.79 Å². The number of hydrogen-bond donors (Lipinski definition) is 2. The molecule has 4 saturated heterocycles. The lowest BCUT2D eigenvalue weighted by atomic mass is 9.93. The summed E-state index contributed by atoms with van der Waals surface area (Å²) in [6.45, 7) is 1.81. The van der Waals surface area contributed by atoms with Crippen LogP contribution in [0.25, 0.3) is 10.4 Å². The van der Waals surface area contributed by atoms with Gasteiger partial charge in [0.15, 0.2) is 37.2 Å². The van der Waals surface area contributed by atoms with Crippen molar-refractivity contribution >= 4 is 18.0 Å². The average Bonchev–Trinajstić information content (AvgIpc) is 1.73. The van der Waals surface area contributed by atoms with Crippen LogP contribution in [0.2, 0.25) is 0 Å². The van der Waals surface area contributed by atoms with E-state index in [9.17, 15) is 25.0 Å². The highest BCUT2D eigenvalue weighted by Gasteiger charge is 2.61. The second kappa shape index (κ2) is 33.4. The summed E-state index contributed by atoms with van der Waals surface area (Å²) in [5, 5.41) is 19.8. The number of nitrogens with zero attached hydrogens (tertiary/aromatic N) is 3. The number of carbonyl (C=O) groups excluding carboxylic acids is 3. The zero-order chi connectivity index (χ0) is 64.1. The summed E-state index contributed by atoms with van der Waals surface area (Å²) in [5.74, 6) is -1.71. The maximum Gasteiger partial charge on any atom is 0.407 e. The third-order valence-electron chi connectivity index (χ3n) is 16.1. The molecule has 22 heteroatoms. The zero-order valence-electron chi connectivity index (χ0n) is 51.0. The van der Waals surface area contributed by atoms with Crippen LogP contribution in [0.5, 0.6) is 0 Å². The quantitative estimate of drug-likeness (QED) is 0.0140. The molecule has 7 aromatic rings. The number of hydrogen-bond acceptors (Lipinski definition) is 19. The van der Waals surface area contributed by atoms with Crippen molar-refractivity contribution in [2.24, 2.45) is 5.11 Å². The molecule has 4 fully saturated rings. The highest BCUT2D eigenvalue weighted by Crippen LogP contribution is 2.40. The van der Waals surface area contributed by atoms with E-state index >= 15 is 0 Å². The first-order valence-corrected chi connectivity index (χ1v) is 30.9. The molecule has 0 aromatic heterocycles. The smallest absolute Gasteiger partial charge is 0.407 e. The lowest BCUT2D eigenvalue weighted by molar-refractivity contribution is -0.347. The summed E-state index contributed by atoms with van der Waals surface area (Å²) in [5.41, 5.74) is 16.0. The Balaban J connectivity index is 0.896. The first-order valence-electron chi connectivity index (χ1n) is 30.9. The zero-order valence-corrected chi connectivity index (χ0v) is 51.0. The van der Waals surface area contributed by atoms with Crippen LogP contribution in [0, 0.1) is 0 Å². The number of alkyl carbamates (subject to hydrolysis) is 1. The molecule has 93 heavy (non-hydrogen) atoms. The predicted molar refractivity (Wildman–Crippen MR) is 332 cm³/mol. The van der Waals surface area contributed by atoms with Gasteiger partial charge in [0, 0.05) is 4.91 Å². The second-order valence-electron chi connectivity index (χ2n) is 22.7.